The van der Waals surface area contributed by atoms with E-state index in [1.54, 1.807) is 0 Å². The van der Waals surface area contributed by atoms with Crippen LogP contribution >= 0.6 is 11.3 Å². The molecular weight excluding hydrogens is 346 g/mol. The number of anilines is 1. The molecule has 0 aliphatic heterocycles. The number of hydrogen-bond donors (Lipinski definition) is 2. The van der Waals surface area contributed by atoms with E-state index in [-0.39, 0.29) is 5.78 Å². The zero-order valence-electron chi connectivity index (χ0n) is 14.9. The normalized spacial score (nSPS) is 14.5. The van der Waals surface area contributed by atoms with Crippen LogP contribution in [0, 0.1) is 5.92 Å². The molecule has 26 heavy (non-hydrogen) atoms. The lowest BCUT2D eigenvalue weighted by molar-refractivity contribution is -0.119. The second-order valence-electron chi connectivity index (χ2n) is 6.93. The Kier molecular flexibility index (Phi) is 6.45. The number of hydrogen-bond acceptors (Lipinski definition) is 4. The second-order valence-corrected chi connectivity index (χ2v) is 7.98. The third kappa shape index (κ3) is 4.94. The van der Waals surface area contributed by atoms with Crippen LogP contribution in [0.25, 0.3) is 10.4 Å². The van der Waals surface area contributed by atoms with E-state index < -0.39 is 5.97 Å². The maximum absolute atomic E-state index is 12.1. The number of ketones is 1. The summed E-state index contributed by atoms with van der Waals surface area (Å²) in [6.45, 7) is 0.481. The van der Waals surface area contributed by atoms with Gasteiger partial charge in [-0.3, -0.25) is 4.79 Å². The molecule has 3 rings (SSSR count). The summed E-state index contributed by atoms with van der Waals surface area (Å²) in [6, 6.07) is 11.6. The van der Waals surface area contributed by atoms with E-state index in [0.717, 1.165) is 22.8 Å². The van der Waals surface area contributed by atoms with E-state index in [1.807, 2.05) is 36.4 Å². The van der Waals surface area contributed by atoms with Crippen LogP contribution in [0.15, 0.2) is 36.4 Å². The van der Waals surface area contributed by atoms with Gasteiger partial charge in [-0.1, -0.05) is 56.0 Å². The van der Waals surface area contributed by atoms with E-state index in [1.165, 1.54) is 37.0 Å². The molecule has 5 heteroatoms. The molecule has 1 saturated carbocycles. The Bertz CT molecular complexity index is 748. The largest absolute Gasteiger partial charge is 0.477 e. The quantitative estimate of drug-likeness (QED) is 0.615. The number of carbonyl (C=O) groups excluding carboxylic acids is 1. The zero-order valence-corrected chi connectivity index (χ0v) is 15.7. The van der Waals surface area contributed by atoms with Gasteiger partial charge in [0, 0.05) is 24.3 Å². The molecule has 0 radical (unpaired) electrons. The summed E-state index contributed by atoms with van der Waals surface area (Å²) in [6.07, 6.45) is 7.26. The smallest absolute Gasteiger partial charge is 0.348 e. The van der Waals surface area contributed by atoms with Crippen LogP contribution in [0.1, 0.15) is 54.6 Å². The monoisotopic (exact) mass is 371 g/mol. The highest BCUT2D eigenvalue weighted by Crippen LogP contribution is 2.35. The lowest BCUT2D eigenvalue weighted by Crippen LogP contribution is -2.11. The van der Waals surface area contributed by atoms with Crippen molar-refractivity contribution in [2.45, 2.75) is 44.9 Å². The highest BCUT2D eigenvalue weighted by molar-refractivity contribution is 7.18. The molecule has 1 heterocycles. The molecule has 1 aliphatic rings. The van der Waals surface area contributed by atoms with Crippen molar-refractivity contribution in [2.24, 2.45) is 5.92 Å². The predicted molar refractivity (Wildman–Crippen MR) is 106 cm³/mol. The number of rotatable bonds is 9. The first-order valence-corrected chi connectivity index (χ1v) is 10.1. The van der Waals surface area contributed by atoms with Gasteiger partial charge in [-0.2, -0.15) is 0 Å². The molecule has 0 saturated heterocycles. The molecule has 2 N–H and O–H groups in total. The van der Waals surface area contributed by atoms with E-state index in [4.69, 9.17) is 0 Å². The van der Waals surface area contributed by atoms with E-state index in [0.29, 0.717) is 30.0 Å². The predicted octanol–water partition coefficient (Wildman–Crippen LogP) is 5.45. The zero-order chi connectivity index (χ0) is 18.4. The molecule has 1 aromatic carbocycles. The van der Waals surface area contributed by atoms with Crippen molar-refractivity contribution in [1.82, 2.24) is 0 Å². The van der Waals surface area contributed by atoms with Crippen molar-refractivity contribution in [3.63, 3.8) is 0 Å². The summed E-state index contributed by atoms with van der Waals surface area (Å²) in [7, 11) is 0. The molecule has 0 amide bonds. The number of thiophene rings is 1. The van der Waals surface area contributed by atoms with Gasteiger partial charge >= 0.3 is 5.97 Å². The fraction of sp³-hybridized carbons (Fsp3) is 0.429. The van der Waals surface area contributed by atoms with Gasteiger partial charge in [0.2, 0.25) is 0 Å². The van der Waals surface area contributed by atoms with Gasteiger partial charge in [-0.05, 0) is 24.0 Å². The third-order valence-electron chi connectivity index (χ3n) is 5.01. The van der Waals surface area contributed by atoms with Crippen molar-refractivity contribution in [3.05, 3.63) is 41.3 Å². The van der Waals surface area contributed by atoms with Gasteiger partial charge < -0.3 is 10.4 Å². The summed E-state index contributed by atoms with van der Waals surface area (Å²) >= 11 is 1.26. The Balaban J connectivity index is 1.54. The van der Waals surface area contributed by atoms with Crippen LogP contribution in [0.4, 0.5) is 5.69 Å². The standard InChI is InChI=1S/C21H25NO3S/c23-17(11-10-15-6-4-5-7-15)12-13-22-18-14-19(26-20(18)21(24)25)16-8-2-1-3-9-16/h1-3,8-9,14-15,22H,4-7,10-13H2,(H,24,25). The highest BCUT2D eigenvalue weighted by Gasteiger charge is 2.18. The van der Waals surface area contributed by atoms with Crippen LogP contribution < -0.4 is 5.32 Å². The fourth-order valence-corrected chi connectivity index (χ4v) is 4.53. The maximum atomic E-state index is 12.1. The molecule has 0 unspecified atom stereocenters. The Morgan fingerprint density at radius 2 is 1.85 bits per heavy atom. The number of aromatic carboxylic acids is 1. The van der Waals surface area contributed by atoms with Crippen molar-refractivity contribution < 1.29 is 14.7 Å². The molecular formula is C21H25NO3S. The minimum absolute atomic E-state index is 0.264. The summed E-state index contributed by atoms with van der Waals surface area (Å²) in [4.78, 5) is 24.8. The molecule has 1 aromatic heterocycles. The Labute approximate surface area is 158 Å². The molecule has 1 fully saturated rings. The molecule has 0 bridgehead atoms. The van der Waals surface area contributed by atoms with Crippen LogP contribution in [0.5, 0.6) is 0 Å². The number of carboxylic acids is 1. The average molecular weight is 372 g/mol. The Morgan fingerprint density at radius 1 is 1.12 bits per heavy atom. The first kappa shape index (κ1) is 18.6. The van der Waals surface area contributed by atoms with Crippen molar-refractivity contribution in [1.29, 1.82) is 0 Å². The molecule has 0 spiro atoms. The summed E-state index contributed by atoms with van der Waals surface area (Å²) in [5.41, 5.74) is 1.60. The topological polar surface area (TPSA) is 66.4 Å². The third-order valence-corrected chi connectivity index (χ3v) is 6.18. The number of carboxylic acid groups (broad SMARTS) is 1. The maximum Gasteiger partial charge on any atom is 0.348 e. The van der Waals surface area contributed by atoms with Crippen molar-refractivity contribution >= 4 is 28.8 Å². The fourth-order valence-electron chi connectivity index (χ4n) is 3.55. The van der Waals surface area contributed by atoms with Crippen LogP contribution in [-0.4, -0.2) is 23.4 Å². The Hall–Kier alpha value is -2.14. The Morgan fingerprint density at radius 3 is 2.54 bits per heavy atom. The molecule has 2 aromatic rings. The van der Waals surface area contributed by atoms with Crippen molar-refractivity contribution in [3.8, 4) is 10.4 Å². The number of nitrogens with one attached hydrogen (secondary N) is 1. The molecule has 0 atom stereocenters. The summed E-state index contributed by atoms with van der Waals surface area (Å²) < 4.78 is 0. The minimum atomic E-state index is -0.938. The molecule has 138 valence electrons. The number of benzene rings is 1. The lowest BCUT2D eigenvalue weighted by Gasteiger charge is -2.08. The lowest BCUT2D eigenvalue weighted by atomic mass is 9.99. The van der Waals surface area contributed by atoms with E-state index in [9.17, 15) is 14.7 Å². The van der Waals surface area contributed by atoms with Gasteiger partial charge in [-0.25, -0.2) is 4.79 Å². The van der Waals surface area contributed by atoms with Crippen molar-refractivity contribution in [2.75, 3.05) is 11.9 Å². The van der Waals surface area contributed by atoms with E-state index in [2.05, 4.69) is 5.32 Å². The second kappa shape index (κ2) is 8.99. The first-order chi connectivity index (χ1) is 12.6. The SMILES string of the molecule is O=C(CCNc1cc(-c2ccccc2)sc1C(=O)O)CCC1CCCC1. The van der Waals surface area contributed by atoms with Crippen LogP contribution in [0.3, 0.4) is 0 Å². The summed E-state index contributed by atoms with van der Waals surface area (Å²) in [5.74, 6) is 0.0582. The minimum Gasteiger partial charge on any atom is -0.477 e. The van der Waals surface area contributed by atoms with Gasteiger partial charge in [0.15, 0.2) is 0 Å². The summed E-state index contributed by atoms with van der Waals surface area (Å²) in [5, 5.41) is 12.6. The first-order valence-electron chi connectivity index (χ1n) is 9.31. The van der Waals surface area contributed by atoms with Gasteiger partial charge in [0.25, 0.3) is 0 Å². The molecule has 4 nitrogen and oxygen atoms in total. The van der Waals surface area contributed by atoms with Crippen LogP contribution in [-0.2, 0) is 4.79 Å². The van der Waals surface area contributed by atoms with E-state index >= 15 is 0 Å². The van der Waals surface area contributed by atoms with Gasteiger partial charge in [-0.15, -0.1) is 11.3 Å². The number of carbonyl (C=O) groups is 2. The van der Waals surface area contributed by atoms with Gasteiger partial charge in [0.1, 0.15) is 10.7 Å². The average Bonchev–Trinajstić information content (AvgIpc) is 3.30. The van der Waals surface area contributed by atoms with Gasteiger partial charge in [0.05, 0.1) is 5.69 Å². The van der Waals surface area contributed by atoms with Crippen LogP contribution in [0.2, 0.25) is 0 Å². The molecule has 1 aliphatic carbocycles. The highest BCUT2D eigenvalue weighted by atomic mass is 32.1. The number of Topliss-reactive ketones (excluding diaryl/α,β-unsaturated/α-hetero) is 1.